The fraction of sp³-hybridized carbons (Fsp3) is 0.611. The Morgan fingerprint density at radius 3 is 2.57 bits per heavy atom. The maximum atomic E-state index is 13.0. The second-order valence-corrected chi connectivity index (χ2v) is 11.4. The molecular formula is C18H25NO7S2. The molecule has 0 saturated carbocycles. The highest BCUT2D eigenvalue weighted by Gasteiger charge is 2.54. The first-order valence-corrected chi connectivity index (χ1v) is 11.3. The molecule has 1 aliphatic rings. The summed E-state index contributed by atoms with van der Waals surface area (Å²) in [4.78, 5) is 37.2. The average molecular weight is 432 g/mol. The van der Waals surface area contributed by atoms with E-state index < -0.39 is 56.5 Å². The number of carbonyl (C=O) groups is 3. The van der Waals surface area contributed by atoms with Crippen LogP contribution < -0.4 is 5.73 Å². The summed E-state index contributed by atoms with van der Waals surface area (Å²) < 4.78 is 36.3. The quantitative estimate of drug-likeness (QED) is 0.643. The molecule has 1 aromatic rings. The van der Waals surface area contributed by atoms with Crippen molar-refractivity contribution in [2.75, 3.05) is 6.61 Å². The molecule has 28 heavy (non-hydrogen) atoms. The number of carbonyl (C=O) groups excluding carboxylic acids is 3. The third-order valence-corrected chi connectivity index (χ3v) is 7.45. The number of nitrogens with two attached hydrogens (primary N) is 1. The molecule has 1 saturated heterocycles. The SMILES string of the molecule is CC(C)(C)CC(C(=O)OC1C(=O)COC1(C)C(N)=O)S(=O)(=O)Cc1cccs1. The highest BCUT2D eigenvalue weighted by Crippen LogP contribution is 2.31. The summed E-state index contributed by atoms with van der Waals surface area (Å²) in [6, 6.07) is 3.39. The van der Waals surface area contributed by atoms with E-state index >= 15 is 0 Å². The van der Waals surface area contributed by atoms with Crippen molar-refractivity contribution >= 4 is 38.8 Å². The molecule has 8 nitrogen and oxygen atoms in total. The fourth-order valence-electron chi connectivity index (χ4n) is 2.86. The van der Waals surface area contributed by atoms with Crippen molar-refractivity contribution in [2.24, 2.45) is 11.1 Å². The average Bonchev–Trinajstić information content (AvgIpc) is 3.15. The first-order chi connectivity index (χ1) is 12.8. The van der Waals surface area contributed by atoms with Gasteiger partial charge in [0.2, 0.25) is 5.78 Å². The zero-order valence-corrected chi connectivity index (χ0v) is 17.9. The standard InChI is InChI=1S/C18H25NO7S2/c1-17(2,3)8-13(28(23,24)10-11-6-5-7-27-11)15(21)26-14-12(20)9-25-18(14,4)16(19)22/h5-7,13-14H,8-10H2,1-4H3,(H2,19,22). The third kappa shape index (κ3) is 4.98. The van der Waals surface area contributed by atoms with Crippen molar-refractivity contribution in [3.63, 3.8) is 0 Å². The molecule has 10 heteroatoms. The normalized spacial score (nSPS) is 24.1. The number of Topliss-reactive ketones (excluding diaryl/α,β-unsaturated/α-hetero) is 1. The van der Waals surface area contributed by atoms with Crippen LogP contribution in [0.5, 0.6) is 0 Å². The Morgan fingerprint density at radius 2 is 2.07 bits per heavy atom. The molecule has 0 aliphatic carbocycles. The Labute approximate surface area is 168 Å². The summed E-state index contributed by atoms with van der Waals surface area (Å²) in [5, 5.41) is 0.259. The Morgan fingerprint density at radius 1 is 1.43 bits per heavy atom. The van der Waals surface area contributed by atoms with Crippen LogP contribution in [0.25, 0.3) is 0 Å². The van der Waals surface area contributed by atoms with Crippen LogP contribution in [-0.2, 0) is 39.4 Å². The topological polar surface area (TPSA) is 130 Å². The molecular weight excluding hydrogens is 406 g/mol. The van der Waals surface area contributed by atoms with E-state index in [4.69, 9.17) is 15.2 Å². The van der Waals surface area contributed by atoms with E-state index in [2.05, 4.69) is 0 Å². The number of hydrogen-bond acceptors (Lipinski definition) is 8. The molecule has 1 fully saturated rings. The number of amides is 1. The second-order valence-electron chi connectivity index (χ2n) is 8.18. The van der Waals surface area contributed by atoms with Crippen molar-refractivity contribution in [1.82, 2.24) is 0 Å². The monoisotopic (exact) mass is 431 g/mol. The molecule has 1 aromatic heterocycles. The summed E-state index contributed by atoms with van der Waals surface area (Å²) in [6.07, 6.45) is -1.58. The minimum atomic E-state index is -3.93. The van der Waals surface area contributed by atoms with Crippen LogP contribution in [0.15, 0.2) is 17.5 Å². The molecule has 3 unspecified atom stereocenters. The second kappa shape index (κ2) is 7.92. The Balaban J connectivity index is 2.31. The summed E-state index contributed by atoms with van der Waals surface area (Å²) in [7, 11) is -3.93. The van der Waals surface area contributed by atoms with Crippen molar-refractivity contribution in [3.05, 3.63) is 22.4 Å². The van der Waals surface area contributed by atoms with Gasteiger partial charge in [0.15, 0.2) is 26.8 Å². The van der Waals surface area contributed by atoms with Gasteiger partial charge in [-0.25, -0.2) is 8.42 Å². The molecule has 0 aromatic carbocycles. The molecule has 0 spiro atoms. The summed E-state index contributed by atoms with van der Waals surface area (Å²) in [5.74, 6) is -3.00. The minimum Gasteiger partial charge on any atom is -0.450 e. The van der Waals surface area contributed by atoms with E-state index in [-0.39, 0.29) is 12.2 Å². The Hall–Kier alpha value is -1.78. The summed E-state index contributed by atoms with van der Waals surface area (Å²) in [6.45, 7) is 6.20. The first kappa shape index (κ1) is 22.5. The first-order valence-electron chi connectivity index (χ1n) is 8.67. The van der Waals surface area contributed by atoms with Crippen LogP contribution >= 0.6 is 11.3 Å². The number of sulfone groups is 1. The lowest BCUT2D eigenvalue weighted by Crippen LogP contribution is -2.53. The number of esters is 1. The predicted octanol–water partition coefficient (Wildman–Crippen LogP) is 1.22. The van der Waals surface area contributed by atoms with Crippen LogP contribution in [0.2, 0.25) is 0 Å². The van der Waals surface area contributed by atoms with Gasteiger partial charge in [-0.3, -0.25) is 14.4 Å². The van der Waals surface area contributed by atoms with Crippen LogP contribution in [0.4, 0.5) is 0 Å². The molecule has 1 amide bonds. The van der Waals surface area contributed by atoms with E-state index in [9.17, 15) is 22.8 Å². The smallest absolute Gasteiger partial charge is 0.325 e. The van der Waals surface area contributed by atoms with E-state index in [1.807, 2.05) is 0 Å². The van der Waals surface area contributed by atoms with E-state index in [0.29, 0.717) is 4.88 Å². The van der Waals surface area contributed by atoms with Crippen molar-refractivity contribution < 1.29 is 32.3 Å². The fourth-order valence-corrected chi connectivity index (χ4v) is 5.91. The number of ketones is 1. The van der Waals surface area contributed by atoms with Crippen LogP contribution in [0.3, 0.4) is 0 Å². The van der Waals surface area contributed by atoms with Crippen LogP contribution in [0.1, 0.15) is 39.0 Å². The maximum absolute atomic E-state index is 13.0. The largest absolute Gasteiger partial charge is 0.450 e. The third-order valence-electron chi connectivity index (χ3n) is 4.45. The number of rotatable bonds is 7. The van der Waals surface area contributed by atoms with E-state index in [1.165, 1.54) is 18.3 Å². The van der Waals surface area contributed by atoms with Crippen molar-refractivity contribution in [2.45, 2.75) is 56.8 Å². The molecule has 2 heterocycles. The van der Waals surface area contributed by atoms with Gasteiger partial charge in [-0.15, -0.1) is 11.3 Å². The highest BCUT2D eigenvalue weighted by atomic mass is 32.2. The molecule has 156 valence electrons. The van der Waals surface area contributed by atoms with Gasteiger partial charge in [-0.1, -0.05) is 26.8 Å². The van der Waals surface area contributed by atoms with Gasteiger partial charge >= 0.3 is 5.97 Å². The molecule has 3 atom stereocenters. The van der Waals surface area contributed by atoms with Gasteiger partial charge in [0.25, 0.3) is 5.91 Å². The minimum absolute atomic E-state index is 0.00536. The van der Waals surface area contributed by atoms with Crippen molar-refractivity contribution in [3.8, 4) is 0 Å². The zero-order valence-electron chi connectivity index (χ0n) is 16.3. The van der Waals surface area contributed by atoms with Gasteiger partial charge in [-0.05, 0) is 30.2 Å². The molecule has 0 radical (unpaired) electrons. The number of thiophene rings is 1. The lowest BCUT2D eigenvalue weighted by Gasteiger charge is -2.29. The predicted molar refractivity (Wildman–Crippen MR) is 103 cm³/mol. The number of ether oxygens (including phenoxy) is 2. The van der Waals surface area contributed by atoms with E-state index in [1.54, 1.807) is 38.3 Å². The summed E-state index contributed by atoms with van der Waals surface area (Å²) in [5.41, 5.74) is 2.96. The molecule has 1 aliphatic heterocycles. The summed E-state index contributed by atoms with van der Waals surface area (Å²) >= 11 is 1.27. The molecule has 2 rings (SSSR count). The zero-order chi connectivity index (χ0) is 21.3. The number of hydrogen-bond donors (Lipinski definition) is 1. The highest BCUT2D eigenvalue weighted by molar-refractivity contribution is 7.92. The maximum Gasteiger partial charge on any atom is 0.325 e. The van der Waals surface area contributed by atoms with E-state index in [0.717, 1.165) is 0 Å². The van der Waals surface area contributed by atoms with Gasteiger partial charge in [0.05, 0.1) is 5.75 Å². The lowest BCUT2D eigenvalue weighted by atomic mass is 9.90. The van der Waals surface area contributed by atoms with Crippen LogP contribution in [-0.4, -0.2) is 49.6 Å². The molecule has 2 N–H and O–H groups in total. The van der Waals surface area contributed by atoms with Gasteiger partial charge in [0.1, 0.15) is 6.61 Å². The van der Waals surface area contributed by atoms with Gasteiger partial charge in [0, 0.05) is 4.88 Å². The van der Waals surface area contributed by atoms with Crippen LogP contribution in [0, 0.1) is 5.41 Å². The van der Waals surface area contributed by atoms with Gasteiger partial charge < -0.3 is 15.2 Å². The van der Waals surface area contributed by atoms with Gasteiger partial charge in [-0.2, -0.15) is 0 Å². The molecule has 0 bridgehead atoms. The Kier molecular flexibility index (Phi) is 6.37. The number of primary amides is 1. The Bertz CT molecular complexity index is 855. The van der Waals surface area contributed by atoms with Crippen molar-refractivity contribution in [1.29, 1.82) is 0 Å². The lowest BCUT2D eigenvalue weighted by molar-refractivity contribution is -0.165.